The first kappa shape index (κ1) is 20.9. The van der Waals surface area contributed by atoms with Crippen LogP contribution in [0.25, 0.3) is 0 Å². The number of nitrogens with one attached hydrogen (secondary N) is 1. The van der Waals surface area contributed by atoms with Crippen LogP contribution < -0.4 is 5.32 Å². The predicted octanol–water partition coefficient (Wildman–Crippen LogP) is 1.07. The molecule has 11 nitrogen and oxygen atoms in total. The molecule has 1 saturated heterocycles. The van der Waals surface area contributed by atoms with Crippen LogP contribution in [-0.2, 0) is 26.1 Å². The van der Waals surface area contributed by atoms with Gasteiger partial charge < -0.3 is 10.1 Å². The average Bonchev–Trinajstić information content (AvgIpc) is 2.96. The van der Waals surface area contributed by atoms with E-state index in [4.69, 9.17) is 4.74 Å². The molecule has 3 rings (SSSR count). The number of aryl methyl sites for hydroxylation is 1. The Bertz CT molecular complexity index is 1030. The summed E-state index contributed by atoms with van der Waals surface area (Å²) in [6.07, 6.45) is 0. The summed E-state index contributed by atoms with van der Waals surface area (Å²) in [7, 11) is -3.61. The van der Waals surface area contributed by atoms with Crippen molar-refractivity contribution in [1.82, 2.24) is 14.1 Å². The van der Waals surface area contributed by atoms with Crippen molar-refractivity contribution in [3.8, 4) is 0 Å². The minimum atomic E-state index is -3.61. The zero-order chi connectivity index (χ0) is 21.2. The third-order valence-corrected chi connectivity index (χ3v) is 6.48. The van der Waals surface area contributed by atoms with Crippen LogP contribution in [0, 0.1) is 24.0 Å². The molecule has 1 aliphatic rings. The minimum Gasteiger partial charge on any atom is -0.379 e. The normalized spacial score (nSPS) is 15.2. The van der Waals surface area contributed by atoms with E-state index < -0.39 is 20.9 Å². The number of nitrogens with zero attached hydrogens (tertiary/aromatic N) is 4. The lowest BCUT2D eigenvalue weighted by atomic mass is 10.3. The van der Waals surface area contributed by atoms with E-state index >= 15 is 0 Å². The van der Waals surface area contributed by atoms with Crippen LogP contribution in [0.1, 0.15) is 11.4 Å². The molecule has 2 aromatic rings. The zero-order valence-corrected chi connectivity index (χ0v) is 16.8. The van der Waals surface area contributed by atoms with Crippen molar-refractivity contribution >= 4 is 27.3 Å². The van der Waals surface area contributed by atoms with E-state index in [0.29, 0.717) is 32.0 Å². The van der Waals surface area contributed by atoms with E-state index in [9.17, 15) is 23.3 Å². The van der Waals surface area contributed by atoms with Gasteiger partial charge in [-0.1, -0.05) is 0 Å². The number of amides is 1. The highest BCUT2D eigenvalue weighted by atomic mass is 32.2. The molecule has 0 unspecified atom stereocenters. The number of ether oxygens (including phenoxy) is 1. The van der Waals surface area contributed by atoms with Gasteiger partial charge in [-0.25, -0.2) is 8.42 Å². The summed E-state index contributed by atoms with van der Waals surface area (Å²) in [6.45, 7) is 4.15. The van der Waals surface area contributed by atoms with Crippen molar-refractivity contribution in [2.24, 2.45) is 0 Å². The second-order valence-electron chi connectivity index (χ2n) is 6.52. The maximum atomic E-state index is 12.6. The summed E-state index contributed by atoms with van der Waals surface area (Å²) in [5, 5.41) is 17.7. The molecule has 2 heterocycles. The van der Waals surface area contributed by atoms with Gasteiger partial charge in [0.25, 0.3) is 0 Å². The van der Waals surface area contributed by atoms with Crippen LogP contribution in [0.3, 0.4) is 0 Å². The Morgan fingerprint density at radius 2 is 1.86 bits per heavy atom. The molecule has 0 spiro atoms. The van der Waals surface area contributed by atoms with Gasteiger partial charge in [0.2, 0.25) is 15.9 Å². The fourth-order valence-corrected chi connectivity index (χ4v) is 4.50. The molecule has 0 aliphatic carbocycles. The summed E-state index contributed by atoms with van der Waals surface area (Å²) in [5.74, 6) is -0.436. The Labute approximate surface area is 167 Å². The van der Waals surface area contributed by atoms with E-state index in [-0.39, 0.29) is 28.5 Å². The number of carbonyl (C=O) groups excluding carboxylic acids is 1. The van der Waals surface area contributed by atoms with Crippen LogP contribution >= 0.6 is 0 Å². The zero-order valence-electron chi connectivity index (χ0n) is 16.0. The Balaban J connectivity index is 1.68. The van der Waals surface area contributed by atoms with Gasteiger partial charge in [0.15, 0.2) is 0 Å². The maximum absolute atomic E-state index is 12.6. The van der Waals surface area contributed by atoms with Crippen LogP contribution in [0.15, 0.2) is 29.2 Å². The SMILES string of the molecule is Cc1nn(CC(=O)Nc2ccc(S(=O)(=O)N3CCOCC3)cc2)c(C)c1[N+](=O)[O-]. The number of morpholine rings is 1. The van der Waals surface area contributed by atoms with Gasteiger partial charge in [0, 0.05) is 18.8 Å². The van der Waals surface area contributed by atoms with Crippen LogP contribution in [0.4, 0.5) is 11.4 Å². The molecule has 1 aromatic carbocycles. The number of rotatable bonds is 6. The lowest BCUT2D eigenvalue weighted by Crippen LogP contribution is -2.40. The Morgan fingerprint density at radius 3 is 2.41 bits per heavy atom. The van der Waals surface area contributed by atoms with Crippen molar-refractivity contribution in [3.05, 3.63) is 45.8 Å². The van der Waals surface area contributed by atoms with Gasteiger partial charge in [-0.2, -0.15) is 9.40 Å². The second kappa shape index (κ2) is 8.27. The van der Waals surface area contributed by atoms with Gasteiger partial charge in [-0.3, -0.25) is 19.6 Å². The lowest BCUT2D eigenvalue weighted by molar-refractivity contribution is -0.386. The molecule has 0 saturated carbocycles. The molecule has 1 fully saturated rings. The summed E-state index contributed by atoms with van der Waals surface area (Å²) in [6, 6.07) is 5.84. The monoisotopic (exact) mass is 423 g/mol. The van der Waals surface area contributed by atoms with Gasteiger partial charge in [0.05, 0.1) is 23.0 Å². The van der Waals surface area contributed by atoms with E-state index in [1.54, 1.807) is 0 Å². The third-order valence-electron chi connectivity index (χ3n) is 4.57. The number of hydrogen-bond acceptors (Lipinski definition) is 7. The molecule has 0 radical (unpaired) electrons. The van der Waals surface area contributed by atoms with Gasteiger partial charge in [-0.15, -0.1) is 0 Å². The minimum absolute atomic E-state index is 0.115. The Kier molecular flexibility index (Phi) is 5.96. The molecule has 1 N–H and O–H groups in total. The summed E-state index contributed by atoms with van der Waals surface area (Å²) < 4.78 is 33.0. The van der Waals surface area contributed by atoms with E-state index in [2.05, 4.69) is 10.4 Å². The van der Waals surface area contributed by atoms with Gasteiger partial charge in [-0.05, 0) is 38.1 Å². The first-order valence-corrected chi connectivity index (χ1v) is 10.3. The van der Waals surface area contributed by atoms with Gasteiger partial charge in [0.1, 0.15) is 17.9 Å². The highest BCUT2D eigenvalue weighted by Crippen LogP contribution is 2.22. The molecule has 1 amide bonds. The van der Waals surface area contributed by atoms with Crippen LogP contribution in [0.2, 0.25) is 0 Å². The molecule has 12 heteroatoms. The number of sulfonamides is 1. The van der Waals surface area contributed by atoms with Crippen molar-refractivity contribution in [2.45, 2.75) is 25.3 Å². The lowest BCUT2D eigenvalue weighted by Gasteiger charge is -2.26. The number of aromatic nitrogens is 2. The van der Waals surface area contributed by atoms with Crippen LogP contribution in [-0.4, -0.2) is 59.6 Å². The standard InChI is InChI=1S/C17H21N5O6S/c1-12-17(22(24)25)13(2)21(19-12)11-16(23)18-14-3-5-15(6-4-14)29(26,27)20-7-9-28-10-8-20/h3-6H,7-11H2,1-2H3,(H,18,23). The molecule has 156 valence electrons. The molecule has 1 aliphatic heterocycles. The summed E-state index contributed by atoms with van der Waals surface area (Å²) >= 11 is 0. The number of carbonyl (C=O) groups is 1. The fourth-order valence-electron chi connectivity index (χ4n) is 3.09. The fraction of sp³-hybridized carbons (Fsp3) is 0.412. The average molecular weight is 423 g/mol. The Morgan fingerprint density at radius 1 is 1.24 bits per heavy atom. The molecule has 0 atom stereocenters. The second-order valence-corrected chi connectivity index (χ2v) is 8.46. The summed E-state index contributed by atoms with van der Waals surface area (Å²) in [4.78, 5) is 22.9. The van der Waals surface area contributed by atoms with Crippen molar-refractivity contribution in [3.63, 3.8) is 0 Å². The largest absolute Gasteiger partial charge is 0.379 e. The topological polar surface area (TPSA) is 137 Å². The molecular formula is C17H21N5O6S. The number of nitro groups is 1. The first-order valence-electron chi connectivity index (χ1n) is 8.86. The molecule has 1 aromatic heterocycles. The van der Waals surface area contributed by atoms with Gasteiger partial charge >= 0.3 is 5.69 Å². The van der Waals surface area contributed by atoms with Crippen molar-refractivity contribution < 1.29 is 22.9 Å². The van der Waals surface area contributed by atoms with Crippen LogP contribution in [0.5, 0.6) is 0 Å². The predicted molar refractivity (Wildman–Crippen MR) is 103 cm³/mol. The van der Waals surface area contributed by atoms with Crippen molar-refractivity contribution in [2.75, 3.05) is 31.6 Å². The van der Waals surface area contributed by atoms with E-state index in [1.165, 1.54) is 47.1 Å². The first-order chi connectivity index (χ1) is 13.7. The summed E-state index contributed by atoms with van der Waals surface area (Å²) in [5.41, 5.74) is 0.815. The maximum Gasteiger partial charge on any atom is 0.312 e. The molecular weight excluding hydrogens is 402 g/mol. The number of benzene rings is 1. The number of hydrogen-bond donors (Lipinski definition) is 1. The Hall–Kier alpha value is -2.83. The molecule has 0 bridgehead atoms. The quantitative estimate of drug-likeness (QED) is 0.542. The van der Waals surface area contributed by atoms with Crippen molar-refractivity contribution in [1.29, 1.82) is 0 Å². The van der Waals surface area contributed by atoms with E-state index in [0.717, 1.165) is 0 Å². The van der Waals surface area contributed by atoms with E-state index in [1.807, 2.05) is 0 Å². The molecule has 29 heavy (non-hydrogen) atoms. The number of anilines is 1. The highest BCUT2D eigenvalue weighted by Gasteiger charge is 2.26. The highest BCUT2D eigenvalue weighted by molar-refractivity contribution is 7.89. The third kappa shape index (κ3) is 4.44. The smallest absolute Gasteiger partial charge is 0.312 e.